The summed E-state index contributed by atoms with van der Waals surface area (Å²) >= 11 is 14.3. The van der Waals surface area contributed by atoms with E-state index < -0.39 is 254 Å². The zero-order valence-corrected chi connectivity index (χ0v) is 69.6. The molecule has 6 aromatic carbocycles. The fourth-order valence-electron chi connectivity index (χ4n) is 15.2. The molecule has 2 fully saturated rings. The third kappa shape index (κ3) is 21.2. The van der Waals surface area contributed by atoms with Gasteiger partial charge in [-0.05, 0) is 140 Å². The molecule has 8 heterocycles. The van der Waals surface area contributed by atoms with Gasteiger partial charge in [0.05, 0.1) is 54.4 Å². The minimum Gasteiger partial charge on any atom is -0.508 e. The van der Waals surface area contributed by atoms with Gasteiger partial charge in [-0.3, -0.25) is 42.9 Å². The van der Waals surface area contributed by atoms with Crippen LogP contribution in [0.25, 0.3) is 11.1 Å². The van der Waals surface area contributed by atoms with Crippen molar-refractivity contribution in [3.63, 3.8) is 0 Å². The summed E-state index contributed by atoms with van der Waals surface area (Å²) in [5.41, 5.74) is 1.34. The maximum atomic E-state index is 16.2. The third-order valence-corrected chi connectivity index (χ3v) is 22.4. The van der Waals surface area contributed by atoms with Crippen molar-refractivity contribution >= 4 is 82.2 Å². The Bertz CT molecular complexity index is 5300. The van der Waals surface area contributed by atoms with Crippen LogP contribution in [0.4, 0.5) is 5.82 Å². The SMILES string of the molecule is CCCCOc1ccc(CC(=O)Nc2ccn(CCN[C@@]3(C)C[C@H](O[C@H]4C(Oc5c6cc7cc5Oc5ccc(cc5Cl)[C@@H](O)[C@@H](NC(=O)[C@@H](CC(C)C)NC)C(=O)N[C@@H](CC(N)=O)C(=O)NC7C(=O)NC5C(=O)N[C@H](C(=O)N[C@@H](C(=O)O)c7cc(O)cc(O)c7-c7cc5ccc7O)[C@H](O)c5ccc(c(Cl)c5)O6)O[C@H](CO)[C@@H](O)[C@@H]4O)O[C@@H](C)[C@H]3O)c(=O)n2)cc1. The zero-order chi connectivity index (χ0) is 90.3. The highest BCUT2D eigenvalue weighted by atomic mass is 35.5. The lowest BCUT2D eigenvalue weighted by Gasteiger charge is -2.48. The number of anilines is 1. The average molecular weight is 1780 g/mol. The number of likely N-dealkylation sites (N-methyl/N-ethyl adjacent to an activating group) is 1. The number of aliphatic hydroxyl groups excluding tert-OH is 6. The van der Waals surface area contributed by atoms with Crippen molar-refractivity contribution < 1.29 is 127 Å². The van der Waals surface area contributed by atoms with Gasteiger partial charge in [0.2, 0.25) is 59.3 Å². The molecule has 668 valence electrons. The molecule has 41 heteroatoms. The molecule has 2 saturated heterocycles. The zero-order valence-electron chi connectivity index (χ0n) is 68.1. The van der Waals surface area contributed by atoms with Crippen LogP contribution in [-0.4, -0.2) is 220 Å². The lowest BCUT2D eigenvalue weighted by molar-refractivity contribution is -0.334. The number of rotatable bonds is 24. The van der Waals surface area contributed by atoms with E-state index in [-0.39, 0.29) is 66.5 Å². The Morgan fingerprint density at radius 3 is 2.00 bits per heavy atom. The van der Waals surface area contributed by atoms with Gasteiger partial charge in [-0.15, -0.1) is 0 Å². The highest BCUT2D eigenvalue weighted by Gasteiger charge is 2.52. The second kappa shape index (κ2) is 39.6. The van der Waals surface area contributed by atoms with Crippen LogP contribution in [0.1, 0.15) is 130 Å². The number of nitrogens with one attached hydrogen (secondary N) is 9. The quantitative estimate of drug-likeness (QED) is 0.0386. The van der Waals surface area contributed by atoms with Gasteiger partial charge in [-0.1, -0.05) is 80.7 Å². The lowest BCUT2D eigenvalue weighted by Crippen LogP contribution is -2.65. The number of benzene rings is 6. The van der Waals surface area contributed by atoms with Crippen LogP contribution in [0.5, 0.6) is 51.7 Å². The molecule has 7 aromatic rings. The Labute approximate surface area is 723 Å². The average Bonchev–Trinajstić information content (AvgIpc) is 0.760. The Hall–Kier alpha value is -11.8. The number of unbranched alkanes of at least 4 members (excludes halogenated alkanes) is 1. The first-order valence-electron chi connectivity index (χ1n) is 39.9. The molecule has 0 radical (unpaired) electrons. The van der Waals surface area contributed by atoms with E-state index >= 15 is 14.4 Å². The van der Waals surface area contributed by atoms with Gasteiger partial charge in [-0.2, -0.15) is 4.98 Å². The number of halogens is 2. The Morgan fingerprint density at radius 2 is 1.38 bits per heavy atom. The van der Waals surface area contributed by atoms with Crippen molar-refractivity contribution in [3.05, 3.63) is 169 Å². The van der Waals surface area contributed by atoms with Gasteiger partial charge in [0.15, 0.2) is 29.9 Å². The summed E-state index contributed by atoms with van der Waals surface area (Å²) < 4.78 is 46.3. The molecule has 0 spiro atoms. The summed E-state index contributed by atoms with van der Waals surface area (Å²) in [6, 6.07) is 7.40. The van der Waals surface area contributed by atoms with E-state index in [4.69, 9.17) is 62.1 Å². The van der Waals surface area contributed by atoms with Crippen LogP contribution >= 0.6 is 23.2 Å². The number of phenolic OH excluding ortho intramolecular Hbond substituents is 3. The van der Waals surface area contributed by atoms with E-state index in [1.165, 1.54) is 42.9 Å². The van der Waals surface area contributed by atoms with Crippen molar-refractivity contribution in [1.82, 2.24) is 52.1 Å². The number of carboxylic acids is 1. The topological polar surface area (TPSA) is 590 Å². The molecule has 0 aliphatic carbocycles. The van der Waals surface area contributed by atoms with Crippen LogP contribution < -0.4 is 78.2 Å². The molecule has 1 aromatic heterocycles. The molecule has 7 aliphatic rings. The third-order valence-electron chi connectivity index (χ3n) is 21.8. The monoisotopic (exact) mass is 1770 g/mol. The second-order valence-corrected chi connectivity index (χ2v) is 32.2. The molecular weight excluding hydrogens is 1680 g/mol. The summed E-state index contributed by atoms with van der Waals surface area (Å²) in [6.07, 6.45) is -16.3. The van der Waals surface area contributed by atoms with Gasteiger partial charge >= 0.3 is 11.7 Å². The number of amides is 8. The molecule has 18 atom stereocenters. The predicted octanol–water partition coefficient (Wildman–Crippen LogP) is 2.35. The van der Waals surface area contributed by atoms with Crippen molar-refractivity contribution in [2.24, 2.45) is 11.7 Å². The van der Waals surface area contributed by atoms with E-state index in [0.29, 0.717) is 17.9 Å². The highest BCUT2D eigenvalue weighted by molar-refractivity contribution is 6.32. The predicted molar refractivity (Wildman–Crippen MR) is 441 cm³/mol. The largest absolute Gasteiger partial charge is 0.508 e. The molecule has 125 heavy (non-hydrogen) atoms. The lowest BCUT2D eigenvalue weighted by atomic mass is 9.85. The van der Waals surface area contributed by atoms with Crippen LogP contribution in [0.3, 0.4) is 0 Å². The summed E-state index contributed by atoms with van der Waals surface area (Å²) in [6.45, 7) is 8.23. The number of aromatic hydroxyl groups is 3. The number of hydrogen-bond acceptors (Lipinski definition) is 29. The van der Waals surface area contributed by atoms with Crippen LogP contribution in [0.2, 0.25) is 10.0 Å². The first-order valence-corrected chi connectivity index (χ1v) is 40.7. The molecule has 7 aliphatic heterocycles. The molecule has 8 amide bonds. The van der Waals surface area contributed by atoms with Crippen molar-refractivity contribution in [2.75, 3.05) is 32.1 Å². The summed E-state index contributed by atoms with van der Waals surface area (Å²) in [7, 11) is 1.47. The number of aromatic nitrogens is 2. The van der Waals surface area contributed by atoms with Crippen LogP contribution in [-0.2, 0) is 70.3 Å². The van der Waals surface area contributed by atoms with Gasteiger partial charge in [0.25, 0.3) is 0 Å². The van der Waals surface area contributed by atoms with Gasteiger partial charge < -0.3 is 138 Å². The molecule has 21 N–H and O–H groups in total. The van der Waals surface area contributed by atoms with Crippen molar-refractivity contribution in [2.45, 2.75) is 189 Å². The number of carbonyl (C=O) groups is 9. The van der Waals surface area contributed by atoms with Crippen molar-refractivity contribution in [3.8, 4) is 62.9 Å². The minimum atomic E-state index is -2.40. The van der Waals surface area contributed by atoms with E-state index in [0.717, 1.165) is 79.6 Å². The molecule has 0 saturated carbocycles. The fourth-order valence-corrected chi connectivity index (χ4v) is 15.6. The van der Waals surface area contributed by atoms with Crippen LogP contribution in [0.15, 0.2) is 120 Å². The Balaban J connectivity index is 0.969. The minimum absolute atomic E-state index is 0.0116. The Morgan fingerprint density at radius 1 is 0.728 bits per heavy atom. The van der Waals surface area contributed by atoms with E-state index in [1.54, 1.807) is 31.2 Å². The number of phenols is 3. The number of carboxylic acid groups (broad SMARTS) is 1. The van der Waals surface area contributed by atoms with Crippen LogP contribution in [0, 0.1) is 5.92 Å². The number of fused-ring (bicyclic) bond motifs is 15. The number of aliphatic hydroxyl groups is 6. The first kappa shape index (κ1) is 92.4. The normalized spacial score (nSPS) is 25.9. The van der Waals surface area contributed by atoms with E-state index in [9.17, 15) is 84.6 Å². The maximum Gasteiger partial charge on any atom is 0.349 e. The highest BCUT2D eigenvalue weighted by Crippen LogP contribution is 2.50. The van der Waals surface area contributed by atoms with Gasteiger partial charge in [0, 0.05) is 54.0 Å². The number of ether oxygens (including phenoxy) is 7. The molecule has 39 nitrogen and oxygen atoms in total. The number of aliphatic carboxylic acids is 1. The summed E-state index contributed by atoms with van der Waals surface area (Å²) in [5, 5.41) is 139. The maximum absolute atomic E-state index is 16.2. The van der Waals surface area contributed by atoms with Crippen molar-refractivity contribution in [1.29, 1.82) is 0 Å². The first-order chi connectivity index (χ1) is 59.4. The number of carbonyl (C=O) groups excluding carboxylic acids is 8. The van der Waals surface area contributed by atoms with Gasteiger partial charge in [-0.25, -0.2) is 9.59 Å². The number of primary amides is 1. The molecule has 14 rings (SSSR count). The molecule has 3 unspecified atom stereocenters. The smallest absolute Gasteiger partial charge is 0.349 e. The standard InChI is InChI=1S/C84H96Cl2N12O27/c1-7-8-23-119-44-14-9-38(10-15-44)25-60(104)91-59-19-21-98(83(118)92-59)22-20-89-84(5)34-61(120-37(4)74(84)109)124-73-71(108)70(107)57(35-99)123-82(73)125-72-55-29-42-30-56(72)122-54-18-13-41(28-48(54)86)69(106)67-80(115)95-65(81(116)117)46-31-43(100)32-52(102)62(46)45-26-39(11-16-51(45)101)63(77(112)97-67)94-78(113)64(42)93-76(111)50(33-58(87)103)90-79(114)66(96-75(110)49(88-6)24-36(2)3)68(105)40-12-17-53(121-55)47(85)27-40/h9-19,21,26-32,36-37,49-50,57,61,63-71,73-74,82,88-89,99-102,105-109H,7-8,20,22-25,33-35H2,1-6H3,(H2,87,103)(H,90,114)(H,93,111)(H,94,113)(H,95,115)(H,96,110)(H,97,112)(H,116,117)(H,91,92,104,118)/t37-,49+,50-,57+,61-,63?,64?,65+,66+,67-,68+,69+,70+,71-,73+,74+,82?,84-/m0/s1. The fraction of sp³-hybridized carbons (Fsp3) is 0.417. The Kier molecular flexibility index (Phi) is 29.2. The van der Waals surface area contributed by atoms with E-state index in [1.807, 2.05) is 20.8 Å². The second-order valence-electron chi connectivity index (χ2n) is 31.4. The molecular formula is C84H96Cl2N12O27. The molecule has 11 bridgehead atoms. The number of nitrogens with zero attached hydrogens (tertiary/aromatic N) is 2. The van der Waals surface area contributed by atoms with Gasteiger partial charge in [0.1, 0.15) is 101 Å². The summed E-state index contributed by atoms with van der Waals surface area (Å²) in [4.78, 5) is 149. The summed E-state index contributed by atoms with van der Waals surface area (Å²) in [5.74, 6) is -16.2. The number of nitrogens with two attached hydrogens (primary N) is 1. The van der Waals surface area contributed by atoms with E-state index in [2.05, 4.69) is 52.8 Å². The number of hydrogen-bond donors (Lipinski definition) is 20.